The standard InChI is InChI=1S/C15H23N3S3/c1-4-16-13(14-9-20-10(2)11(3)21-14)7-12-8-18-5-6-19-15(18)17-12/h5-6,8,10-11,13-14,16H,4,7,9H2,1-3H3. The Morgan fingerprint density at radius 2 is 2.29 bits per heavy atom. The predicted octanol–water partition coefficient (Wildman–Crippen LogP) is 3.54. The molecule has 4 unspecified atom stereocenters. The molecule has 3 nitrogen and oxygen atoms in total. The zero-order chi connectivity index (χ0) is 14.8. The van der Waals surface area contributed by atoms with Crippen molar-refractivity contribution in [3.05, 3.63) is 23.5 Å². The molecule has 116 valence electrons. The van der Waals surface area contributed by atoms with Gasteiger partial charge in [-0.05, 0) is 6.54 Å². The zero-order valence-electron chi connectivity index (χ0n) is 12.8. The van der Waals surface area contributed by atoms with Crippen molar-refractivity contribution >= 4 is 39.8 Å². The van der Waals surface area contributed by atoms with Crippen LogP contribution in [0.1, 0.15) is 26.5 Å². The van der Waals surface area contributed by atoms with Gasteiger partial charge in [-0.1, -0.05) is 20.8 Å². The molecule has 0 aliphatic carbocycles. The second-order valence-corrected chi connectivity index (χ2v) is 9.52. The number of nitrogens with one attached hydrogen (secondary N) is 1. The van der Waals surface area contributed by atoms with Crippen molar-refractivity contribution in [3.8, 4) is 0 Å². The topological polar surface area (TPSA) is 29.3 Å². The summed E-state index contributed by atoms with van der Waals surface area (Å²) < 4.78 is 2.14. The molecule has 1 fully saturated rings. The van der Waals surface area contributed by atoms with E-state index in [-0.39, 0.29) is 0 Å². The average Bonchev–Trinajstić information content (AvgIpc) is 3.02. The van der Waals surface area contributed by atoms with Crippen LogP contribution in [0.2, 0.25) is 0 Å². The Hall–Kier alpha value is -0.170. The molecule has 2 aromatic rings. The SMILES string of the molecule is CCNC(Cc1cn2ccsc2n1)C1CSC(C)C(C)S1. The molecule has 3 rings (SSSR count). The number of hydrogen-bond acceptors (Lipinski definition) is 5. The van der Waals surface area contributed by atoms with Crippen LogP contribution < -0.4 is 5.32 Å². The van der Waals surface area contributed by atoms with Crippen molar-refractivity contribution in [1.82, 2.24) is 14.7 Å². The summed E-state index contributed by atoms with van der Waals surface area (Å²) in [6.07, 6.45) is 5.30. The van der Waals surface area contributed by atoms with Gasteiger partial charge in [-0.3, -0.25) is 4.40 Å². The van der Waals surface area contributed by atoms with Crippen LogP contribution >= 0.6 is 34.9 Å². The Balaban J connectivity index is 1.70. The Morgan fingerprint density at radius 3 is 3.00 bits per heavy atom. The van der Waals surface area contributed by atoms with Crippen molar-refractivity contribution in [2.45, 2.75) is 49.0 Å². The Morgan fingerprint density at radius 1 is 1.43 bits per heavy atom. The second-order valence-electron chi connectivity index (χ2n) is 5.61. The van der Waals surface area contributed by atoms with Crippen LogP contribution in [-0.2, 0) is 6.42 Å². The van der Waals surface area contributed by atoms with Crippen LogP contribution in [0.5, 0.6) is 0 Å². The molecule has 0 bridgehead atoms. The fourth-order valence-corrected chi connectivity index (χ4v) is 6.56. The molecule has 3 heterocycles. The summed E-state index contributed by atoms with van der Waals surface area (Å²) in [5.41, 5.74) is 1.21. The molecular formula is C15H23N3S3. The van der Waals surface area contributed by atoms with Gasteiger partial charge in [0.25, 0.3) is 0 Å². The van der Waals surface area contributed by atoms with Gasteiger partial charge in [-0.15, -0.1) is 11.3 Å². The third kappa shape index (κ3) is 3.60. The largest absolute Gasteiger partial charge is 0.313 e. The average molecular weight is 342 g/mol. The third-order valence-corrected chi connectivity index (χ3v) is 8.38. The first-order valence-electron chi connectivity index (χ1n) is 7.59. The summed E-state index contributed by atoms with van der Waals surface area (Å²) in [5, 5.41) is 7.97. The highest BCUT2D eigenvalue weighted by molar-refractivity contribution is 8.07. The van der Waals surface area contributed by atoms with Gasteiger partial charge in [0.2, 0.25) is 0 Å². The lowest BCUT2D eigenvalue weighted by Crippen LogP contribution is -2.44. The van der Waals surface area contributed by atoms with Crippen LogP contribution in [0.25, 0.3) is 4.96 Å². The van der Waals surface area contributed by atoms with E-state index >= 15 is 0 Å². The van der Waals surface area contributed by atoms with E-state index in [2.05, 4.69) is 71.8 Å². The third-order valence-electron chi connectivity index (χ3n) is 4.06. The molecule has 0 saturated carbocycles. The normalized spacial score (nSPS) is 28.0. The van der Waals surface area contributed by atoms with Crippen molar-refractivity contribution in [3.63, 3.8) is 0 Å². The minimum atomic E-state index is 0.520. The second kappa shape index (κ2) is 6.94. The summed E-state index contributed by atoms with van der Waals surface area (Å²) >= 11 is 5.98. The smallest absolute Gasteiger partial charge is 0.193 e. The molecule has 0 spiro atoms. The molecule has 1 aliphatic rings. The van der Waals surface area contributed by atoms with Gasteiger partial charge < -0.3 is 5.32 Å². The van der Waals surface area contributed by atoms with Gasteiger partial charge in [-0.25, -0.2) is 4.98 Å². The number of nitrogens with zero attached hydrogens (tertiary/aromatic N) is 2. The number of imidazole rings is 1. The van der Waals surface area contributed by atoms with E-state index in [0.717, 1.165) is 28.4 Å². The fourth-order valence-electron chi connectivity index (χ4n) is 2.72. The zero-order valence-corrected chi connectivity index (χ0v) is 15.2. The Bertz CT molecular complexity index is 551. The minimum absolute atomic E-state index is 0.520. The molecular weight excluding hydrogens is 318 g/mol. The van der Waals surface area contributed by atoms with Gasteiger partial charge in [0.05, 0.1) is 5.69 Å². The van der Waals surface area contributed by atoms with Crippen molar-refractivity contribution in [2.24, 2.45) is 0 Å². The van der Waals surface area contributed by atoms with Gasteiger partial charge in [0.1, 0.15) is 0 Å². The monoisotopic (exact) mass is 341 g/mol. The molecule has 4 atom stereocenters. The first kappa shape index (κ1) is 15.7. The quantitative estimate of drug-likeness (QED) is 0.901. The number of rotatable bonds is 5. The summed E-state index contributed by atoms with van der Waals surface area (Å²) in [6, 6.07) is 0.520. The fraction of sp³-hybridized carbons (Fsp3) is 0.667. The number of fused-ring (bicyclic) bond motifs is 1. The first-order valence-corrected chi connectivity index (χ1v) is 10.5. The van der Waals surface area contributed by atoms with Gasteiger partial charge >= 0.3 is 0 Å². The molecule has 0 amide bonds. The highest BCUT2D eigenvalue weighted by atomic mass is 32.2. The maximum absolute atomic E-state index is 4.75. The highest BCUT2D eigenvalue weighted by Crippen LogP contribution is 2.37. The number of thiazole rings is 1. The van der Waals surface area contributed by atoms with Gasteiger partial charge in [0, 0.05) is 51.7 Å². The van der Waals surface area contributed by atoms with Crippen molar-refractivity contribution in [1.29, 1.82) is 0 Å². The lowest BCUT2D eigenvalue weighted by atomic mass is 10.1. The number of hydrogen-bond donors (Lipinski definition) is 1. The molecule has 21 heavy (non-hydrogen) atoms. The minimum Gasteiger partial charge on any atom is -0.313 e. The lowest BCUT2D eigenvalue weighted by Gasteiger charge is -2.36. The molecule has 6 heteroatoms. The molecule has 1 aliphatic heterocycles. The van der Waals surface area contributed by atoms with Gasteiger partial charge in [0.15, 0.2) is 4.96 Å². The van der Waals surface area contributed by atoms with E-state index in [4.69, 9.17) is 4.98 Å². The van der Waals surface area contributed by atoms with E-state index in [1.807, 2.05) is 0 Å². The van der Waals surface area contributed by atoms with Crippen LogP contribution in [0.4, 0.5) is 0 Å². The summed E-state index contributed by atoms with van der Waals surface area (Å²) in [6.45, 7) is 7.94. The van der Waals surface area contributed by atoms with Crippen LogP contribution in [-0.4, -0.2) is 43.5 Å². The first-order chi connectivity index (χ1) is 10.2. The molecule has 1 N–H and O–H groups in total. The van der Waals surface area contributed by atoms with Crippen LogP contribution in [0, 0.1) is 0 Å². The summed E-state index contributed by atoms with van der Waals surface area (Å²) in [5.74, 6) is 1.25. The van der Waals surface area contributed by atoms with Crippen LogP contribution in [0.3, 0.4) is 0 Å². The van der Waals surface area contributed by atoms with Crippen molar-refractivity contribution in [2.75, 3.05) is 12.3 Å². The summed E-state index contributed by atoms with van der Waals surface area (Å²) in [7, 11) is 0. The molecule has 0 radical (unpaired) electrons. The maximum atomic E-state index is 4.75. The van der Waals surface area contributed by atoms with E-state index in [1.54, 1.807) is 11.3 Å². The number of aromatic nitrogens is 2. The molecule has 0 aromatic carbocycles. The molecule has 1 saturated heterocycles. The van der Waals surface area contributed by atoms with Crippen LogP contribution in [0.15, 0.2) is 17.8 Å². The maximum Gasteiger partial charge on any atom is 0.193 e. The van der Waals surface area contributed by atoms with E-state index < -0.39 is 0 Å². The Labute approximate surface area is 139 Å². The van der Waals surface area contributed by atoms with E-state index in [9.17, 15) is 0 Å². The summed E-state index contributed by atoms with van der Waals surface area (Å²) in [4.78, 5) is 5.85. The lowest BCUT2D eigenvalue weighted by molar-refractivity contribution is 0.516. The highest BCUT2D eigenvalue weighted by Gasteiger charge is 2.31. The number of likely N-dealkylation sites (N-methyl/N-ethyl adjacent to an activating group) is 1. The molecule has 2 aromatic heterocycles. The Kier molecular flexibility index (Phi) is 5.19. The van der Waals surface area contributed by atoms with E-state index in [1.165, 1.54) is 11.4 Å². The predicted molar refractivity (Wildman–Crippen MR) is 97.0 cm³/mol. The number of thioether (sulfide) groups is 2. The van der Waals surface area contributed by atoms with Gasteiger partial charge in [-0.2, -0.15) is 23.5 Å². The van der Waals surface area contributed by atoms with E-state index in [0.29, 0.717) is 11.3 Å². The van der Waals surface area contributed by atoms with Crippen molar-refractivity contribution < 1.29 is 0 Å².